The summed E-state index contributed by atoms with van der Waals surface area (Å²) in [7, 11) is 1.68. The minimum Gasteiger partial charge on any atom is -0.497 e. The van der Waals surface area contributed by atoms with Crippen LogP contribution in [-0.4, -0.2) is 87.2 Å². The van der Waals surface area contributed by atoms with E-state index in [4.69, 9.17) is 9.47 Å². The van der Waals surface area contributed by atoms with E-state index in [1.807, 2.05) is 41.3 Å². The maximum Gasteiger partial charge on any atom is 0.236 e. The summed E-state index contributed by atoms with van der Waals surface area (Å²) in [5, 5.41) is 3.16. The Morgan fingerprint density at radius 3 is 2.63 bits per heavy atom. The van der Waals surface area contributed by atoms with Gasteiger partial charge in [0.1, 0.15) is 5.75 Å². The highest BCUT2D eigenvalue weighted by Crippen LogP contribution is 2.38. The van der Waals surface area contributed by atoms with Gasteiger partial charge in [-0.25, -0.2) is 0 Å². The summed E-state index contributed by atoms with van der Waals surface area (Å²) in [6.07, 6.45) is 0.673. The van der Waals surface area contributed by atoms with E-state index in [-0.39, 0.29) is 23.8 Å². The Morgan fingerprint density at radius 2 is 1.86 bits per heavy atom. The first kappa shape index (κ1) is 23.6. The summed E-state index contributed by atoms with van der Waals surface area (Å²) >= 11 is 0. The molecule has 0 saturated carbocycles. The molecule has 2 amide bonds. The van der Waals surface area contributed by atoms with Gasteiger partial charge in [-0.3, -0.25) is 14.5 Å². The van der Waals surface area contributed by atoms with Gasteiger partial charge < -0.3 is 24.6 Å². The Labute approximate surface area is 206 Å². The van der Waals surface area contributed by atoms with E-state index in [1.54, 1.807) is 7.11 Å². The number of methoxy groups -OCH3 is 1. The van der Waals surface area contributed by atoms with Crippen molar-refractivity contribution in [2.24, 2.45) is 5.92 Å². The largest absolute Gasteiger partial charge is 0.497 e. The van der Waals surface area contributed by atoms with Crippen LogP contribution >= 0.6 is 0 Å². The number of rotatable bonds is 6. The quantitative estimate of drug-likeness (QED) is 0.679. The second-order valence-electron chi connectivity index (χ2n) is 9.50. The molecule has 3 aliphatic rings. The molecule has 3 aliphatic heterocycles. The van der Waals surface area contributed by atoms with E-state index < -0.39 is 0 Å². The minimum absolute atomic E-state index is 0.00313. The van der Waals surface area contributed by atoms with E-state index in [9.17, 15) is 9.59 Å². The predicted octanol–water partition coefficient (Wildman–Crippen LogP) is 1.53. The molecule has 8 nitrogen and oxygen atoms in total. The zero-order valence-electron chi connectivity index (χ0n) is 20.3. The lowest BCUT2D eigenvalue weighted by Gasteiger charge is -2.49. The number of benzene rings is 2. The van der Waals surface area contributed by atoms with Gasteiger partial charge in [0.2, 0.25) is 11.8 Å². The van der Waals surface area contributed by atoms with Gasteiger partial charge in [0.05, 0.1) is 38.8 Å². The predicted molar refractivity (Wildman–Crippen MR) is 133 cm³/mol. The van der Waals surface area contributed by atoms with Crippen LogP contribution in [0.5, 0.6) is 5.75 Å². The van der Waals surface area contributed by atoms with Crippen molar-refractivity contribution in [3.63, 3.8) is 0 Å². The molecule has 0 unspecified atom stereocenters. The molecule has 0 bridgehead atoms. The smallest absolute Gasteiger partial charge is 0.236 e. The fraction of sp³-hybridized carbons (Fsp3) is 0.481. The zero-order chi connectivity index (χ0) is 24.2. The van der Waals surface area contributed by atoms with E-state index in [0.717, 1.165) is 30.1 Å². The molecule has 3 heterocycles. The molecule has 2 atom stereocenters. The van der Waals surface area contributed by atoms with Crippen molar-refractivity contribution in [1.82, 2.24) is 15.1 Å². The van der Waals surface area contributed by atoms with Crippen molar-refractivity contribution >= 4 is 17.5 Å². The molecule has 0 aromatic heterocycles. The third-order valence-electron chi connectivity index (χ3n) is 7.38. The molecule has 2 fully saturated rings. The van der Waals surface area contributed by atoms with Gasteiger partial charge in [0, 0.05) is 51.0 Å². The normalized spacial score (nSPS) is 22.2. The van der Waals surface area contributed by atoms with Crippen LogP contribution in [0.3, 0.4) is 0 Å². The number of hydrogen-bond acceptors (Lipinski definition) is 6. The van der Waals surface area contributed by atoms with Crippen molar-refractivity contribution in [2.45, 2.75) is 19.0 Å². The van der Waals surface area contributed by atoms with Crippen molar-refractivity contribution < 1.29 is 19.1 Å². The molecule has 2 saturated heterocycles. The maximum absolute atomic E-state index is 13.5. The van der Waals surface area contributed by atoms with E-state index >= 15 is 0 Å². The average Bonchev–Trinajstić information content (AvgIpc) is 2.92. The number of piperazine rings is 1. The van der Waals surface area contributed by atoms with Crippen LogP contribution in [0, 0.1) is 5.92 Å². The molecule has 8 heteroatoms. The molecular weight excluding hydrogens is 444 g/mol. The number of carbonyl (C=O) groups is 2. The second kappa shape index (κ2) is 10.7. The number of amides is 2. The number of hydrogen-bond donors (Lipinski definition) is 1. The number of nitrogens with zero attached hydrogens (tertiary/aromatic N) is 3. The van der Waals surface area contributed by atoms with E-state index in [0.29, 0.717) is 52.4 Å². The minimum atomic E-state index is -0.194. The Hall–Kier alpha value is -3.10. The van der Waals surface area contributed by atoms with Crippen LogP contribution < -0.4 is 15.0 Å². The molecule has 0 radical (unpaired) electrons. The monoisotopic (exact) mass is 478 g/mol. The standard InChI is InChI=1S/C27H34N4O4/c1-34-22-8-7-21-15-23(27(33)28-17-20-5-3-2-4-6-20)25-18-29(9-10-31(25)24(21)16-22)19-26(32)30-11-13-35-14-12-30/h2-8,16,23,25H,9-15,17-19H2,1H3,(H,28,33)/t23-,25-/m0/s1. The Kier molecular flexibility index (Phi) is 7.20. The zero-order valence-corrected chi connectivity index (χ0v) is 20.3. The fourth-order valence-electron chi connectivity index (χ4n) is 5.43. The molecule has 35 heavy (non-hydrogen) atoms. The lowest BCUT2D eigenvalue weighted by Crippen LogP contribution is -2.62. The van der Waals surface area contributed by atoms with Crippen molar-refractivity contribution in [3.05, 3.63) is 59.7 Å². The van der Waals surface area contributed by atoms with Crippen LogP contribution in [-0.2, 0) is 27.3 Å². The van der Waals surface area contributed by atoms with Gasteiger partial charge >= 0.3 is 0 Å². The summed E-state index contributed by atoms with van der Waals surface area (Å²) < 4.78 is 10.9. The third kappa shape index (κ3) is 5.28. The van der Waals surface area contributed by atoms with Crippen LogP contribution in [0.4, 0.5) is 5.69 Å². The molecule has 2 aromatic rings. The average molecular weight is 479 g/mol. The summed E-state index contributed by atoms with van der Waals surface area (Å²) in [5.41, 5.74) is 3.39. The number of fused-ring (bicyclic) bond motifs is 3. The SMILES string of the molecule is COc1ccc2c(c1)N1CCN(CC(=O)N3CCOCC3)C[C@H]1[C@@H](C(=O)NCc1ccccc1)C2. The molecule has 186 valence electrons. The Morgan fingerprint density at radius 1 is 1.06 bits per heavy atom. The topological polar surface area (TPSA) is 74.3 Å². The third-order valence-corrected chi connectivity index (χ3v) is 7.38. The number of ether oxygens (including phenoxy) is 2. The Balaban J connectivity index is 1.33. The highest BCUT2D eigenvalue weighted by molar-refractivity contribution is 5.82. The molecule has 0 aliphatic carbocycles. The summed E-state index contributed by atoms with van der Waals surface area (Å²) in [5.74, 6) is 0.830. The first-order valence-corrected chi connectivity index (χ1v) is 12.5. The van der Waals surface area contributed by atoms with Gasteiger partial charge in [-0.1, -0.05) is 36.4 Å². The van der Waals surface area contributed by atoms with Crippen molar-refractivity contribution in [2.75, 3.05) is 64.5 Å². The molecule has 1 N–H and O–H groups in total. The van der Waals surface area contributed by atoms with Gasteiger partial charge in [0.15, 0.2) is 0 Å². The Bertz CT molecular complexity index is 1040. The van der Waals surface area contributed by atoms with Crippen LogP contribution in [0.25, 0.3) is 0 Å². The van der Waals surface area contributed by atoms with Crippen molar-refractivity contribution in [1.29, 1.82) is 0 Å². The van der Waals surface area contributed by atoms with E-state index in [1.165, 1.54) is 5.56 Å². The summed E-state index contributed by atoms with van der Waals surface area (Å²) in [6, 6.07) is 16.1. The van der Waals surface area contributed by atoms with Gasteiger partial charge in [0.25, 0.3) is 0 Å². The fourth-order valence-corrected chi connectivity index (χ4v) is 5.43. The van der Waals surface area contributed by atoms with Crippen LogP contribution in [0.1, 0.15) is 11.1 Å². The van der Waals surface area contributed by atoms with Crippen molar-refractivity contribution in [3.8, 4) is 5.75 Å². The summed E-state index contributed by atoms with van der Waals surface area (Å²) in [4.78, 5) is 32.8. The van der Waals surface area contributed by atoms with Gasteiger partial charge in [-0.15, -0.1) is 0 Å². The number of anilines is 1. The molecular formula is C27H34N4O4. The van der Waals surface area contributed by atoms with Gasteiger partial charge in [-0.05, 0) is 23.6 Å². The highest BCUT2D eigenvalue weighted by atomic mass is 16.5. The molecule has 0 spiro atoms. The maximum atomic E-state index is 13.5. The van der Waals surface area contributed by atoms with Gasteiger partial charge in [-0.2, -0.15) is 0 Å². The number of nitrogens with one attached hydrogen (secondary N) is 1. The van der Waals surface area contributed by atoms with E-state index in [2.05, 4.69) is 27.2 Å². The second-order valence-corrected chi connectivity index (χ2v) is 9.50. The first-order valence-electron chi connectivity index (χ1n) is 12.5. The summed E-state index contributed by atoms with van der Waals surface area (Å²) in [6.45, 7) is 5.63. The van der Waals surface area contributed by atoms with Crippen LogP contribution in [0.2, 0.25) is 0 Å². The van der Waals surface area contributed by atoms with Crippen LogP contribution in [0.15, 0.2) is 48.5 Å². The first-order chi connectivity index (χ1) is 17.1. The lowest BCUT2D eigenvalue weighted by atomic mass is 9.83. The number of morpholine rings is 1. The molecule has 5 rings (SSSR count). The highest BCUT2D eigenvalue weighted by Gasteiger charge is 2.42. The molecule has 2 aromatic carbocycles. The number of carbonyl (C=O) groups excluding carboxylic acids is 2. The lowest BCUT2D eigenvalue weighted by molar-refractivity contribution is -0.136.